The highest BCUT2D eigenvalue weighted by Gasteiger charge is 2.06. The Balaban J connectivity index is 3.19. The predicted molar refractivity (Wildman–Crippen MR) is 52.6 cm³/mol. The van der Waals surface area contributed by atoms with Crippen molar-refractivity contribution in [2.45, 2.75) is 0 Å². The zero-order valence-electron chi connectivity index (χ0n) is 6.32. The van der Waals surface area contributed by atoms with Crippen molar-refractivity contribution < 1.29 is 9.59 Å². The number of nitrogens with zero attached hydrogens (tertiary/aromatic N) is 1. The number of hydrogen-bond donors (Lipinski definition) is 1. The van der Waals surface area contributed by atoms with Crippen molar-refractivity contribution >= 4 is 41.1 Å². The first kappa shape index (κ1) is 9.99. The van der Waals surface area contributed by atoms with E-state index < -0.39 is 5.12 Å². The fourth-order valence-electron chi connectivity index (χ4n) is 0.800. The third-order valence-electron chi connectivity index (χ3n) is 1.36. The summed E-state index contributed by atoms with van der Waals surface area (Å²) in [5.41, 5.74) is 0.646. The highest BCUT2D eigenvalue weighted by Crippen LogP contribution is 2.23. The molecule has 0 spiro atoms. The van der Waals surface area contributed by atoms with E-state index in [-0.39, 0.29) is 10.6 Å². The van der Waals surface area contributed by atoms with Gasteiger partial charge in [0.05, 0.1) is 10.7 Å². The van der Waals surface area contributed by atoms with E-state index in [1.807, 2.05) is 0 Å². The average Bonchev–Trinajstić information content (AvgIpc) is 2.04. The van der Waals surface area contributed by atoms with Crippen LogP contribution in [0.3, 0.4) is 0 Å². The fourth-order valence-corrected chi connectivity index (χ4v) is 1.32. The van der Waals surface area contributed by atoms with E-state index >= 15 is 0 Å². The molecule has 0 atom stereocenters. The van der Waals surface area contributed by atoms with Crippen molar-refractivity contribution in [3.63, 3.8) is 0 Å². The monoisotopic (exact) mass is 213 g/mol. The van der Waals surface area contributed by atoms with Gasteiger partial charge in [-0.25, -0.2) is 4.79 Å². The molecule has 0 saturated heterocycles. The van der Waals surface area contributed by atoms with E-state index in [0.717, 1.165) is 0 Å². The number of hydrogen-bond acceptors (Lipinski definition) is 3. The molecule has 13 heavy (non-hydrogen) atoms. The molecule has 0 aliphatic carbocycles. The summed E-state index contributed by atoms with van der Waals surface area (Å²) in [7, 11) is 0. The van der Waals surface area contributed by atoms with E-state index in [2.05, 4.69) is 17.6 Å². The smallest absolute Gasteiger partial charge is 0.240 e. The van der Waals surface area contributed by atoms with Crippen molar-refractivity contribution in [1.82, 2.24) is 0 Å². The lowest BCUT2D eigenvalue weighted by molar-refractivity contribution is 0.109. The van der Waals surface area contributed by atoms with Gasteiger partial charge in [-0.05, 0) is 18.2 Å². The van der Waals surface area contributed by atoms with Gasteiger partial charge < -0.3 is 0 Å². The maximum atomic E-state index is 10.8. The van der Waals surface area contributed by atoms with E-state index in [4.69, 9.17) is 11.6 Å². The van der Waals surface area contributed by atoms with E-state index in [9.17, 15) is 9.59 Å². The van der Waals surface area contributed by atoms with Crippen molar-refractivity contribution in [3.8, 4) is 0 Å². The Kier molecular flexibility index (Phi) is 3.25. The molecule has 0 aliphatic rings. The molecule has 0 saturated carbocycles. The topological polar surface area (TPSA) is 46.5 Å². The van der Waals surface area contributed by atoms with Crippen LogP contribution in [0.25, 0.3) is 0 Å². The van der Waals surface area contributed by atoms with Crippen LogP contribution in [0.4, 0.5) is 5.69 Å². The van der Waals surface area contributed by atoms with Gasteiger partial charge in [-0.2, -0.15) is 4.99 Å². The van der Waals surface area contributed by atoms with Crippen LogP contribution in [-0.2, 0) is 4.79 Å². The first-order valence-electron chi connectivity index (χ1n) is 3.26. The van der Waals surface area contributed by atoms with Crippen LogP contribution in [0.1, 0.15) is 10.4 Å². The maximum absolute atomic E-state index is 10.8. The summed E-state index contributed by atoms with van der Waals surface area (Å²) in [4.78, 5) is 24.0. The lowest BCUT2D eigenvalue weighted by Crippen LogP contribution is -1.88. The standard InChI is InChI=1S/C8H4ClNO2S/c9-7-3-5(10-4-11)1-2-6(7)8(12)13/h1-3H,(H,12,13). The number of thiol groups is 1. The number of aliphatic imine (C=N–C) groups is 1. The van der Waals surface area contributed by atoms with Crippen LogP contribution in [0, 0.1) is 0 Å². The fraction of sp³-hybridized carbons (Fsp3) is 0. The Bertz CT molecular complexity index is 399. The van der Waals surface area contributed by atoms with Gasteiger partial charge >= 0.3 is 0 Å². The van der Waals surface area contributed by atoms with E-state index in [1.165, 1.54) is 24.3 Å². The van der Waals surface area contributed by atoms with Crippen LogP contribution < -0.4 is 0 Å². The summed E-state index contributed by atoms with van der Waals surface area (Å²) in [6.45, 7) is 0. The normalized spacial score (nSPS) is 9.08. The molecule has 1 aromatic rings. The van der Waals surface area contributed by atoms with Gasteiger partial charge in [0.2, 0.25) is 11.2 Å². The minimum absolute atomic E-state index is 0.219. The largest absolute Gasteiger partial charge is 0.282 e. The molecule has 0 fully saturated rings. The third kappa shape index (κ3) is 2.42. The molecule has 0 aliphatic heterocycles. The lowest BCUT2D eigenvalue weighted by Gasteiger charge is -1.98. The molecular weight excluding hydrogens is 210 g/mol. The van der Waals surface area contributed by atoms with Crippen LogP contribution in [-0.4, -0.2) is 11.2 Å². The number of carbonyl (C=O) groups excluding carboxylic acids is 2. The summed E-state index contributed by atoms with van der Waals surface area (Å²) in [5.74, 6) is 0. The van der Waals surface area contributed by atoms with E-state index in [0.29, 0.717) is 5.69 Å². The summed E-state index contributed by atoms with van der Waals surface area (Å²) in [6, 6.07) is 4.34. The van der Waals surface area contributed by atoms with Crippen LogP contribution in [0.5, 0.6) is 0 Å². The van der Waals surface area contributed by atoms with Gasteiger partial charge in [-0.15, -0.1) is 12.6 Å². The summed E-state index contributed by atoms with van der Waals surface area (Å²) in [5, 5.41) is -0.205. The molecule has 5 heteroatoms. The van der Waals surface area contributed by atoms with Crippen molar-refractivity contribution in [3.05, 3.63) is 28.8 Å². The summed E-state index contributed by atoms with van der Waals surface area (Å²) in [6.07, 6.45) is 1.37. The molecular formula is C8H4ClNO2S. The molecule has 0 unspecified atom stereocenters. The molecule has 0 bridgehead atoms. The first-order valence-corrected chi connectivity index (χ1v) is 4.08. The minimum Gasteiger partial charge on any atom is -0.282 e. The van der Waals surface area contributed by atoms with Gasteiger partial charge in [0.15, 0.2) is 0 Å². The zero-order valence-corrected chi connectivity index (χ0v) is 7.97. The van der Waals surface area contributed by atoms with Gasteiger partial charge in [-0.3, -0.25) is 4.79 Å². The Labute approximate surface area is 84.8 Å². The number of carbonyl (C=O) groups is 1. The Morgan fingerprint density at radius 2 is 2.23 bits per heavy atom. The molecule has 0 radical (unpaired) electrons. The highest BCUT2D eigenvalue weighted by molar-refractivity contribution is 7.97. The highest BCUT2D eigenvalue weighted by atomic mass is 35.5. The molecule has 0 heterocycles. The third-order valence-corrected chi connectivity index (χ3v) is 1.91. The zero-order chi connectivity index (χ0) is 9.84. The van der Waals surface area contributed by atoms with Crippen LogP contribution in [0.15, 0.2) is 23.2 Å². The van der Waals surface area contributed by atoms with E-state index in [1.54, 1.807) is 0 Å². The Hall–Kier alpha value is -1.09. The summed E-state index contributed by atoms with van der Waals surface area (Å²) < 4.78 is 0. The molecule has 0 N–H and O–H groups in total. The van der Waals surface area contributed by atoms with Crippen LogP contribution >= 0.6 is 24.2 Å². The van der Waals surface area contributed by atoms with Gasteiger partial charge in [0.1, 0.15) is 0 Å². The molecule has 1 aromatic carbocycles. The van der Waals surface area contributed by atoms with Gasteiger partial charge in [-0.1, -0.05) is 11.6 Å². The average molecular weight is 214 g/mol. The number of isocyanates is 1. The number of rotatable bonds is 2. The minimum atomic E-state index is -0.424. The molecule has 3 nitrogen and oxygen atoms in total. The quantitative estimate of drug-likeness (QED) is 0.466. The SMILES string of the molecule is O=C=Nc1ccc(C(=O)S)c(Cl)c1. The second-order valence-corrected chi connectivity index (χ2v) is 2.99. The number of halogens is 1. The maximum Gasteiger partial charge on any atom is 0.240 e. The van der Waals surface area contributed by atoms with Crippen LogP contribution in [0.2, 0.25) is 5.02 Å². The Morgan fingerprint density at radius 3 is 2.69 bits per heavy atom. The molecule has 0 aromatic heterocycles. The van der Waals surface area contributed by atoms with Crippen molar-refractivity contribution in [2.75, 3.05) is 0 Å². The molecule has 1 rings (SSSR count). The Morgan fingerprint density at radius 1 is 1.54 bits per heavy atom. The summed E-state index contributed by atoms with van der Waals surface area (Å²) >= 11 is 9.31. The predicted octanol–water partition coefficient (Wildman–Crippen LogP) is 2.38. The first-order chi connectivity index (χ1) is 6.15. The van der Waals surface area contributed by atoms with Crippen molar-refractivity contribution in [1.29, 1.82) is 0 Å². The van der Waals surface area contributed by atoms with Crippen molar-refractivity contribution in [2.24, 2.45) is 4.99 Å². The van der Waals surface area contributed by atoms with Gasteiger partial charge in [0, 0.05) is 5.56 Å². The second-order valence-electron chi connectivity index (χ2n) is 2.17. The molecule has 66 valence electrons. The molecule has 0 amide bonds. The van der Waals surface area contributed by atoms with Gasteiger partial charge in [0.25, 0.3) is 0 Å². The second kappa shape index (κ2) is 4.23. The lowest BCUT2D eigenvalue weighted by atomic mass is 10.2. The number of benzene rings is 1.